The molecule has 1 aliphatic carbocycles. The monoisotopic (exact) mass is 398 g/mol. The summed E-state index contributed by atoms with van der Waals surface area (Å²) < 4.78 is 42.7. The highest BCUT2D eigenvalue weighted by molar-refractivity contribution is 5.94. The Morgan fingerprint density at radius 3 is 2.69 bits per heavy atom. The van der Waals surface area contributed by atoms with Gasteiger partial charge in [0.25, 0.3) is 0 Å². The van der Waals surface area contributed by atoms with Crippen LogP contribution in [-0.2, 0) is 13.2 Å². The van der Waals surface area contributed by atoms with Crippen molar-refractivity contribution in [1.82, 2.24) is 9.78 Å². The maximum absolute atomic E-state index is 13.6. The Labute approximate surface area is 166 Å². The van der Waals surface area contributed by atoms with Gasteiger partial charge in [-0.3, -0.25) is 4.68 Å². The van der Waals surface area contributed by atoms with Crippen molar-refractivity contribution in [2.75, 3.05) is 17.2 Å². The molecule has 0 atom stereocenters. The van der Waals surface area contributed by atoms with Crippen LogP contribution in [0.4, 0.5) is 24.5 Å². The van der Waals surface area contributed by atoms with Gasteiger partial charge < -0.3 is 10.6 Å². The summed E-state index contributed by atoms with van der Waals surface area (Å²) in [6.45, 7) is 4.52. The van der Waals surface area contributed by atoms with Crippen molar-refractivity contribution < 1.29 is 13.2 Å². The van der Waals surface area contributed by atoms with E-state index in [2.05, 4.69) is 22.3 Å². The molecule has 0 unspecified atom stereocenters. The maximum atomic E-state index is 13.6. The number of nitrogens with one attached hydrogen (secondary N) is 2. The van der Waals surface area contributed by atoms with Crippen molar-refractivity contribution in [1.29, 1.82) is 0 Å². The summed E-state index contributed by atoms with van der Waals surface area (Å²) in [5, 5.41) is 12.0. The maximum Gasteiger partial charge on any atom is 0.416 e. The number of hydrogen-bond acceptors (Lipinski definition) is 3. The van der Waals surface area contributed by atoms with E-state index in [0.717, 1.165) is 41.1 Å². The molecule has 1 saturated carbocycles. The van der Waals surface area contributed by atoms with Crippen LogP contribution in [0.3, 0.4) is 0 Å². The van der Waals surface area contributed by atoms with Crippen LogP contribution >= 0.6 is 0 Å². The van der Waals surface area contributed by atoms with E-state index in [1.807, 2.05) is 29.9 Å². The molecule has 5 rings (SSSR count). The number of aromatic nitrogens is 2. The number of aryl methyl sites for hydroxylation is 1. The highest BCUT2D eigenvalue weighted by Crippen LogP contribution is 2.45. The summed E-state index contributed by atoms with van der Waals surface area (Å²) in [5.74, 6) is 0.454. The van der Waals surface area contributed by atoms with E-state index in [1.54, 1.807) is 0 Å². The van der Waals surface area contributed by atoms with Crippen LogP contribution in [0.25, 0.3) is 22.0 Å². The minimum absolute atomic E-state index is 0.408. The summed E-state index contributed by atoms with van der Waals surface area (Å²) in [7, 11) is 1.90. The van der Waals surface area contributed by atoms with Crippen LogP contribution in [-0.4, -0.2) is 16.3 Å². The topological polar surface area (TPSA) is 41.9 Å². The standard InChI is InChI=1S/C22H21F3N4/c1-12-7-8-26-21-16(10-15(22(23,24)25)11-18(21)27-12)14-5-6-19-17(9-14)20(13-3-4-13)28-29(19)2/h5-6,9-11,13,26-27H,1,3-4,7-8H2,2H3. The number of fused-ring (bicyclic) bond motifs is 2. The lowest BCUT2D eigenvalue weighted by Gasteiger charge is -2.18. The minimum Gasteiger partial charge on any atom is -0.382 e. The Morgan fingerprint density at radius 2 is 1.97 bits per heavy atom. The molecule has 0 spiro atoms. The van der Waals surface area contributed by atoms with E-state index in [-0.39, 0.29) is 0 Å². The Kier molecular flexibility index (Phi) is 3.91. The van der Waals surface area contributed by atoms with E-state index in [4.69, 9.17) is 0 Å². The fourth-order valence-corrected chi connectivity index (χ4v) is 4.03. The zero-order valence-corrected chi connectivity index (χ0v) is 16.0. The van der Waals surface area contributed by atoms with E-state index >= 15 is 0 Å². The number of alkyl halides is 3. The van der Waals surface area contributed by atoms with Gasteiger partial charge in [0.2, 0.25) is 0 Å². The van der Waals surface area contributed by atoms with E-state index < -0.39 is 11.7 Å². The quantitative estimate of drug-likeness (QED) is 0.567. The first-order chi connectivity index (χ1) is 13.8. The molecule has 0 bridgehead atoms. The van der Waals surface area contributed by atoms with Crippen LogP contribution in [0.1, 0.15) is 36.4 Å². The second-order valence-corrected chi connectivity index (χ2v) is 7.86. The van der Waals surface area contributed by atoms with Crippen molar-refractivity contribution in [2.45, 2.75) is 31.4 Å². The summed E-state index contributed by atoms with van der Waals surface area (Å²) in [4.78, 5) is 0. The molecule has 2 N–H and O–H groups in total. The molecular weight excluding hydrogens is 377 g/mol. The third-order valence-electron chi connectivity index (χ3n) is 5.66. The average Bonchev–Trinajstić information content (AvgIpc) is 3.47. The molecule has 2 aliphatic rings. The lowest BCUT2D eigenvalue weighted by atomic mass is 9.97. The van der Waals surface area contributed by atoms with Crippen LogP contribution in [0, 0.1) is 0 Å². The third-order valence-corrected chi connectivity index (χ3v) is 5.66. The van der Waals surface area contributed by atoms with Crippen molar-refractivity contribution in [3.63, 3.8) is 0 Å². The Balaban J connectivity index is 1.73. The first-order valence-electron chi connectivity index (χ1n) is 9.72. The molecule has 0 amide bonds. The molecule has 0 saturated heterocycles. The molecule has 2 aromatic carbocycles. The number of nitrogens with zero attached hydrogens (tertiary/aromatic N) is 2. The molecule has 4 nitrogen and oxygen atoms in total. The summed E-state index contributed by atoms with van der Waals surface area (Å²) in [5.41, 5.74) is 4.42. The Bertz CT molecular complexity index is 1140. The predicted octanol–water partition coefficient (Wildman–Crippen LogP) is 5.88. The van der Waals surface area contributed by atoms with Gasteiger partial charge in [0.15, 0.2) is 0 Å². The van der Waals surface area contributed by atoms with Crippen LogP contribution in [0.5, 0.6) is 0 Å². The Morgan fingerprint density at radius 1 is 1.17 bits per heavy atom. The summed E-state index contributed by atoms with van der Waals surface area (Å²) >= 11 is 0. The number of rotatable bonds is 2. The number of halogens is 3. The molecular formula is C22H21F3N4. The van der Waals surface area contributed by atoms with Gasteiger partial charge in [-0.15, -0.1) is 0 Å². The van der Waals surface area contributed by atoms with Gasteiger partial charge in [0.05, 0.1) is 28.1 Å². The summed E-state index contributed by atoms with van der Waals surface area (Å²) in [6, 6.07) is 8.18. The van der Waals surface area contributed by atoms with Gasteiger partial charge >= 0.3 is 6.18 Å². The van der Waals surface area contributed by atoms with E-state index in [1.165, 1.54) is 6.07 Å². The fourth-order valence-electron chi connectivity index (χ4n) is 4.03. The van der Waals surface area contributed by atoms with Gasteiger partial charge in [0.1, 0.15) is 0 Å². The smallest absolute Gasteiger partial charge is 0.382 e. The van der Waals surface area contributed by atoms with E-state index in [9.17, 15) is 13.2 Å². The molecule has 7 heteroatoms. The first-order valence-corrected chi connectivity index (χ1v) is 9.72. The highest BCUT2D eigenvalue weighted by atomic mass is 19.4. The molecule has 2 heterocycles. The lowest BCUT2D eigenvalue weighted by Crippen LogP contribution is -2.08. The van der Waals surface area contributed by atoms with Gasteiger partial charge in [-0.1, -0.05) is 12.6 Å². The minimum atomic E-state index is -4.43. The van der Waals surface area contributed by atoms with E-state index in [0.29, 0.717) is 41.5 Å². The SMILES string of the molecule is C=C1CCNc2c(cc(C(F)(F)F)cc2-c2ccc3c(c2)c(C2CC2)nn3C)N1. The van der Waals surface area contributed by atoms with Crippen LogP contribution in [0.2, 0.25) is 0 Å². The first kappa shape index (κ1) is 18.1. The van der Waals surface area contributed by atoms with Gasteiger partial charge in [0, 0.05) is 42.6 Å². The number of benzene rings is 2. The van der Waals surface area contributed by atoms with Crippen molar-refractivity contribution in [3.8, 4) is 11.1 Å². The zero-order valence-electron chi connectivity index (χ0n) is 16.0. The second-order valence-electron chi connectivity index (χ2n) is 7.86. The van der Waals surface area contributed by atoms with Crippen molar-refractivity contribution >= 4 is 22.3 Å². The zero-order chi connectivity index (χ0) is 20.3. The van der Waals surface area contributed by atoms with Crippen LogP contribution < -0.4 is 10.6 Å². The van der Waals surface area contributed by atoms with Gasteiger partial charge in [-0.05, 0) is 42.7 Å². The molecule has 3 aromatic rings. The molecule has 1 aliphatic heterocycles. The highest BCUT2D eigenvalue weighted by Gasteiger charge is 2.33. The fraction of sp³-hybridized carbons (Fsp3) is 0.318. The molecule has 29 heavy (non-hydrogen) atoms. The summed E-state index contributed by atoms with van der Waals surface area (Å²) in [6.07, 6.45) is -1.56. The Hall–Kier alpha value is -2.96. The van der Waals surface area contributed by atoms with Gasteiger partial charge in [-0.2, -0.15) is 18.3 Å². The van der Waals surface area contributed by atoms with Gasteiger partial charge in [-0.25, -0.2) is 0 Å². The molecule has 1 fully saturated rings. The van der Waals surface area contributed by atoms with Crippen LogP contribution in [0.15, 0.2) is 42.6 Å². The largest absolute Gasteiger partial charge is 0.416 e. The predicted molar refractivity (Wildman–Crippen MR) is 109 cm³/mol. The third kappa shape index (κ3) is 3.14. The molecule has 1 aromatic heterocycles. The number of hydrogen-bond donors (Lipinski definition) is 2. The number of anilines is 2. The second kappa shape index (κ2) is 6.27. The van der Waals surface area contributed by atoms with Crippen molar-refractivity contribution in [3.05, 3.63) is 53.9 Å². The molecule has 150 valence electrons. The average molecular weight is 398 g/mol. The lowest BCUT2D eigenvalue weighted by molar-refractivity contribution is -0.137. The normalized spacial score (nSPS) is 16.9. The van der Waals surface area contributed by atoms with Crippen molar-refractivity contribution in [2.24, 2.45) is 7.05 Å². The molecule has 0 radical (unpaired) electrons.